The lowest BCUT2D eigenvalue weighted by Crippen LogP contribution is -2.46. The Morgan fingerprint density at radius 1 is 0.872 bits per heavy atom. The van der Waals surface area contributed by atoms with Crippen LogP contribution in [-0.4, -0.2) is 47.8 Å². The third-order valence-corrected chi connectivity index (χ3v) is 5.76. The average Bonchev–Trinajstić information content (AvgIpc) is 3.34. The standard InChI is InChI=1S/C28H28N4O7/c1-2-25-38-22-12-11-17(14-23(22)39-25)13-21(27(35)36)32-24(33)16-29-26(34)18-7-6-10-20(15-18)31-28(37)30-19-8-4-3-5-9-19/h3-12,14-15,21,25H,2,13,16H2,1H3,(H,29,34)(H,32,33)(H,35,36)(H2,30,31,37). The third kappa shape index (κ3) is 7.48. The van der Waals surface area contributed by atoms with Crippen LogP contribution in [0.15, 0.2) is 72.8 Å². The van der Waals surface area contributed by atoms with Crippen molar-refractivity contribution in [3.8, 4) is 11.5 Å². The van der Waals surface area contributed by atoms with Crippen molar-refractivity contribution in [3.63, 3.8) is 0 Å². The second-order valence-corrected chi connectivity index (χ2v) is 8.73. The van der Waals surface area contributed by atoms with Crippen LogP contribution in [0.3, 0.4) is 0 Å². The number of hydrogen-bond donors (Lipinski definition) is 5. The van der Waals surface area contributed by atoms with Crippen molar-refractivity contribution in [1.29, 1.82) is 0 Å². The Hall–Kier alpha value is -5.06. The molecule has 0 saturated carbocycles. The van der Waals surface area contributed by atoms with Gasteiger partial charge in [-0.1, -0.05) is 37.3 Å². The number of carboxylic acid groups (broad SMARTS) is 1. The summed E-state index contributed by atoms with van der Waals surface area (Å²) in [5.41, 5.74) is 1.84. The van der Waals surface area contributed by atoms with Crippen molar-refractivity contribution >= 4 is 35.2 Å². The number of fused-ring (bicyclic) bond motifs is 1. The Kier molecular flexibility index (Phi) is 8.62. The van der Waals surface area contributed by atoms with Gasteiger partial charge in [0.1, 0.15) is 6.04 Å². The van der Waals surface area contributed by atoms with Gasteiger partial charge >= 0.3 is 12.0 Å². The number of carbonyl (C=O) groups is 4. The molecule has 1 aliphatic rings. The van der Waals surface area contributed by atoms with Gasteiger partial charge in [0.05, 0.1) is 6.54 Å². The number of carboxylic acids is 1. The van der Waals surface area contributed by atoms with E-state index in [0.29, 0.717) is 34.9 Å². The van der Waals surface area contributed by atoms with Gasteiger partial charge in [0.2, 0.25) is 12.2 Å². The van der Waals surface area contributed by atoms with E-state index in [0.717, 1.165) is 0 Å². The molecule has 0 fully saturated rings. The van der Waals surface area contributed by atoms with Gasteiger partial charge in [-0.25, -0.2) is 9.59 Å². The Morgan fingerprint density at radius 3 is 2.33 bits per heavy atom. The smallest absolute Gasteiger partial charge is 0.326 e. The van der Waals surface area contributed by atoms with Crippen molar-refractivity contribution in [1.82, 2.24) is 10.6 Å². The van der Waals surface area contributed by atoms with Crippen molar-refractivity contribution in [2.75, 3.05) is 17.2 Å². The van der Waals surface area contributed by atoms with Crippen LogP contribution >= 0.6 is 0 Å². The predicted molar refractivity (Wildman–Crippen MR) is 143 cm³/mol. The molecule has 0 radical (unpaired) electrons. The summed E-state index contributed by atoms with van der Waals surface area (Å²) in [6.07, 6.45) is 0.298. The summed E-state index contributed by atoms with van der Waals surface area (Å²) in [6.45, 7) is 1.49. The number of aliphatic carboxylic acids is 1. The fraction of sp³-hybridized carbons (Fsp3) is 0.214. The van der Waals surface area contributed by atoms with E-state index in [4.69, 9.17) is 9.47 Å². The number of rotatable bonds is 10. The minimum Gasteiger partial charge on any atom is -0.480 e. The summed E-state index contributed by atoms with van der Waals surface area (Å²) in [5, 5.41) is 19.8. The molecular formula is C28H28N4O7. The Balaban J connectivity index is 1.28. The molecule has 0 spiro atoms. The highest BCUT2D eigenvalue weighted by Crippen LogP contribution is 2.36. The number of para-hydroxylation sites is 1. The number of carbonyl (C=O) groups excluding carboxylic acids is 3. The highest BCUT2D eigenvalue weighted by molar-refractivity contribution is 6.02. The molecule has 2 atom stereocenters. The lowest BCUT2D eigenvalue weighted by molar-refractivity contribution is -0.141. The third-order valence-electron chi connectivity index (χ3n) is 5.76. The first-order valence-electron chi connectivity index (χ1n) is 12.3. The second kappa shape index (κ2) is 12.5. The lowest BCUT2D eigenvalue weighted by Gasteiger charge is -2.15. The van der Waals surface area contributed by atoms with Crippen molar-refractivity contribution in [2.45, 2.75) is 32.1 Å². The Labute approximate surface area is 224 Å². The molecule has 4 amide bonds. The molecular weight excluding hydrogens is 504 g/mol. The van der Waals surface area contributed by atoms with Gasteiger partial charge in [-0.3, -0.25) is 9.59 Å². The molecule has 1 aliphatic heterocycles. The molecule has 3 aromatic rings. The van der Waals surface area contributed by atoms with E-state index in [1.165, 1.54) is 12.1 Å². The van der Waals surface area contributed by atoms with E-state index in [-0.39, 0.29) is 18.3 Å². The van der Waals surface area contributed by atoms with Gasteiger partial charge in [-0.15, -0.1) is 0 Å². The number of anilines is 2. The maximum Gasteiger partial charge on any atom is 0.326 e. The van der Waals surface area contributed by atoms with Gasteiger partial charge in [-0.05, 0) is 48.0 Å². The van der Waals surface area contributed by atoms with E-state index in [9.17, 15) is 24.3 Å². The summed E-state index contributed by atoms with van der Waals surface area (Å²) in [7, 11) is 0. The fourth-order valence-corrected chi connectivity index (χ4v) is 3.84. The Morgan fingerprint density at radius 2 is 1.59 bits per heavy atom. The van der Waals surface area contributed by atoms with Gasteiger partial charge in [-0.2, -0.15) is 0 Å². The molecule has 0 aliphatic carbocycles. The first kappa shape index (κ1) is 27.0. The molecule has 0 bridgehead atoms. The highest BCUT2D eigenvalue weighted by atomic mass is 16.7. The van der Waals surface area contributed by atoms with E-state index in [1.54, 1.807) is 54.6 Å². The first-order chi connectivity index (χ1) is 18.8. The normalized spacial score (nSPS) is 14.1. The summed E-state index contributed by atoms with van der Waals surface area (Å²) < 4.78 is 11.2. The molecule has 0 saturated heterocycles. The number of amides is 4. The van der Waals surface area contributed by atoms with E-state index < -0.39 is 36.4 Å². The van der Waals surface area contributed by atoms with Crippen molar-refractivity contribution < 1.29 is 33.8 Å². The molecule has 39 heavy (non-hydrogen) atoms. The average molecular weight is 533 g/mol. The SMILES string of the molecule is CCC1Oc2ccc(CC(NC(=O)CNC(=O)c3cccc(NC(=O)Nc4ccccc4)c3)C(=O)O)cc2O1. The Bertz CT molecular complexity index is 1360. The minimum atomic E-state index is -1.22. The first-order valence-corrected chi connectivity index (χ1v) is 12.3. The van der Waals surface area contributed by atoms with Gasteiger partial charge in [0.15, 0.2) is 11.5 Å². The minimum absolute atomic E-state index is 0.0151. The zero-order chi connectivity index (χ0) is 27.8. The van der Waals surface area contributed by atoms with Crippen LogP contribution in [0.4, 0.5) is 16.2 Å². The molecule has 11 heteroatoms. The van der Waals surface area contributed by atoms with Crippen LogP contribution in [0.25, 0.3) is 0 Å². The molecule has 1 heterocycles. The summed E-state index contributed by atoms with van der Waals surface area (Å²) in [6, 6.07) is 18.5. The van der Waals surface area contributed by atoms with Gasteiger partial charge in [0.25, 0.3) is 5.91 Å². The highest BCUT2D eigenvalue weighted by Gasteiger charge is 2.25. The number of nitrogens with one attached hydrogen (secondary N) is 4. The number of benzene rings is 3. The van der Waals surface area contributed by atoms with Gasteiger partial charge in [0, 0.05) is 29.8 Å². The largest absolute Gasteiger partial charge is 0.480 e. The zero-order valence-corrected chi connectivity index (χ0v) is 21.1. The summed E-state index contributed by atoms with van der Waals surface area (Å²) in [4.78, 5) is 49.0. The van der Waals surface area contributed by atoms with E-state index in [2.05, 4.69) is 21.3 Å². The van der Waals surface area contributed by atoms with Crippen LogP contribution in [-0.2, 0) is 16.0 Å². The van der Waals surface area contributed by atoms with Crippen molar-refractivity contribution in [3.05, 3.63) is 83.9 Å². The van der Waals surface area contributed by atoms with Crippen LogP contribution in [0.1, 0.15) is 29.3 Å². The molecule has 4 rings (SSSR count). The van der Waals surface area contributed by atoms with E-state index >= 15 is 0 Å². The molecule has 2 unspecified atom stereocenters. The van der Waals surface area contributed by atoms with Crippen LogP contribution < -0.4 is 30.7 Å². The zero-order valence-electron chi connectivity index (χ0n) is 21.1. The molecule has 0 aromatic heterocycles. The second-order valence-electron chi connectivity index (χ2n) is 8.73. The van der Waals surface area contributed by atoms with Crippen molar-refractivity contribution in [2.24, 2.45) is 0 Å². The molecule has 5 N–H and O–H groups in total. The monoisotopic (exact) mass is 532 g/mol. The maximum absolute atomic E-state index is 12.6. The molecule has 11 nitrogen and oxygen atoms in total. The maximum atomic E-state index is 12.6. The summed E-state index contributed by atoms with van der Waals surface area (Å²) in [5.74, 6) is -1.34. The summed E-state index contributed by atoms with van der Waals surface area (Å²) >= 11 is 0. The van der Waals surface area contributed by atoms with E-state index in [1.807, 2.05) is 13.0 Å². The van der Waals surface area contributed by atoms with Crippen LogP contribution in [0, 0.1) is 0 Å². The lowest BCUT2D eigenvalue weighted by atomic mass is 10.1. The topological polar surface area (TPSA) is 155 Å². The van der Waals surface area contributed by atoms with Crippen LogP contribution in [0.2, 0.25) is 0 Å². The predicted octanol–water partition coefficient (Wildman–Crippen LogP) is 3.38. The number of urea groups is 1. The van der Waals surface area contributed by atoms with Gasteiger partial charge < -0.3 is 35.8 Å². The van der Waals surface area contributed by atoms with Crippen LogP contribution in [0.5, 0.6) is 11.5 Å². The quantitative estimate of drug-likeness (QED) is 0.268. The fourth-order valence-electron chi connectivity index (χ4n) is 3.84. The number of ether oxygens (including phenoxy) is 2. The molecule has 202 valence electrons. The molecule has 3 aromatic carbocycles. The number of hydrogen-bond acceptors (Lipinski definition) is 6.